The number of halogens is 2. The number of anilines is 1. The molecule has 0 amide bonds. The summed E-state index contributed by atoms with van der Waals surface area (Å²) in [6, 6.07) is 5.03. The van der Waals surface area contributed by atoms with Gasteiger partial charge < -0.3 is 5.73 Å². The summed E-state index contributed by atoms with van der Waals surface area (Å²) in [5.41, 5.74) is 6.57. The van der Waals surface area contributed by atoms with E-state index in [1.165, 1.54) is 6.08 Å². The molecule has 0 fully saturated rings. The normalized spacial score (nSPS) is 12.5. The fourth-order valence-corrected chi connectivity index (χ4v) is 1.37. The van der Waals surface area contributed by atoms with Crippen molar-refractivity contribution in [1.29, 1.82) is 0 Å². The lowest BCUT2D eigenvalue weighted by atomic mass is 10.1. The number of hydrogen-bond acceptors (Lipinski definition) is 1. The average Bonchev–Trinajstić information content (AvgIpc) is 2.08. The molecule has 1 atom stereocenters. The van der Waals surface area contributed by atoms with Crippen LogP contribution < -0.4 is 5.73 Å². The fraction of sp³-hybridized carbons (Fsp3) is 0.111. The molecule has 0 heterocycles. The number of nitrogens with two attached hydrogens (primary N) is 1. The van der Waals surface area contributed by atoms with Crippen molar-refractivity contribution in [2.24, 2.45) is 0 Å². The maximum absolute atomic E-state index is 13.1. The molecular formula is C9H9BrFN. The zero-order chi connectivity index (χ0) is 9.14. The Kier molecular flexibility index (Phi) is 2.87. The third-order valence-corrected chi connectivity index (χ3v) is 2.25. The first-order valence-electron chi connectivity index (χ1n) is 3.46. The van der Waals surface area contributed by atoms with Gasteiger partial charge in [0.15, 0.2) is 0 Å². The monoisotopic (exact) mass is 229 g/mol. The van der Waals surface area contributed by atoms with E-state index in [4.69, 9.17) is 5.73 Å². The van der Waals surface area contributed by atoms with Crippen LogP contribution in [0.25, 0.3) is 0 Å². The zero-order valence-electron chi connectivity index (χ0n) is 6.43. The van der Waals surface area contributed by atoms with Crippen molar-refractivity contribution in [3.63, 3.8) is 0 Å². The Morgan fingerprint density at radius 2 is 2.25 bits per heavy atom. The Hall–Kier alpha value is -0.830. The van der Waals surface area contributed by atoms with Gasteiger partial charge in [0, 0.05) is 15.7 Å². The van der Waals surface area contributed by atoms with Crippen LogP contribution in [-0.4, -0.2) is 0 Å². The van der Waals surface area contributed by atoms with Crippen molar-refractivity contribution in [2.75, 3.05) is 5.73 Å². The van der Waals surface area contributed by atoms with Gasteiger partial charge in [0.1, 0.15) is 6.17 Å². The molecule has 0 saturated carbocycles. The molecule has 1 aromatic rings. The molecule has 1 rings (SSSR count). The number of allylic oxidation sites excluding steroid dienone is 1. The Labute approximate surface area is 79.2 Å². The van der Waals surface area contributed by atoms with Crippen molar-refractivity contribution in [3.8, 4) is 0 Å². The maximum atomic E-state index is 13.1. The summed E-state index contributed by atoms with van der Waals surface area (Å²) in [5.74, 6) is 0. The van der Waals surface area contributed by atoms with Crippen molar-refractivity contribution in [1.82, 2.24) is 0 Å². The summed E-state index contributed by atoms with van der Waals surface area (Å²) in [4.78, 5) is 0. The first kappa shape index (κ1) is 9.26. The summed E-state index contributed by atoms with van der Waals surface area (Å²) >= 11 is 3.23. The number of hydrogen-bond donors (Lipinski definition) is 1. The van der Waals surface area contributed by atoms with Crippen molar-refractivity contribution >= 4 is 21.6 Å². The van der Waals surface area contributed by atoms with Crippen molar-refractivity contribution in [3.05, 3.63) is 40.9 Å². The highest BCUT2D eigenvalue weighted by molar-refractivity contribution is 9.10. The molecule has 1 unspecified atom stereocenters. The molecule has 0 aliphatic heterocycles. The minimum atomic E-state index is -1.16. The average molecular weight is 230 g/mol. The highest BCUT2D eigenvalue weighted by atomic mass is 79.9. The van der Waals surface area contributed by atoms with Crippen LogP contribution in [0, 0.1) is 0 Å². The molecule has 12 heavy (non-hydrogen) atoms. The van der Waals surface area contributed by atoms with E-state index in [1.54, 1.807) is 18.2 Å². The molecule has 0 saturated heterocycles. The standard InChI is InChI=1S/C9H9BrFN/c1-2-9(11)7-5-6(12)3-4-8(7)10/h2-5,9H,1,12H2. The van der Waals surface area contributed by atoms with Gasteiger partial charge in [-0.05, 0) is 18.2 Å². The molecule has 0 aliphatic rings. The van der Waals surface area contributed by atoms with E-state index in [0.29, 0.717) is 15.7 Å². The molecule has 1 aromatic carbocycles. The highest BCUT2D eigenvalue weighted by Gasteiger charge is 2.08. The zero-order valence-corrected chi connectivity index (χ0v) is 8.01. The predicted octanol–water partition coefficient (Wildman–Crippen LogP) is 3.23. The molecule has 0 radical (unpaired) electrons. The second-order valence-electron chi connectivity index (χ2n) is 2.42. The molecule has 0 aliphatic carbocycles. The van der Waals surface area contributed by atoms with E-state index in [0.717, 1.165) is 0 Å². The van der Waals surface area contributed by atoms with Crippen LogP contribution in [0.5, 0.6) is 0 Å². The number of nitrogen functional groups attached to an aromatic ring is 1. The van der Waals surface area contributed by atoms with Crippen molar-refractivity contribution in [2.45, 2.75) is 6.17 Å². The molecule has 3 heteroatoms. The molecule has 0 aromatic heterocycles. The molecular weight excluding hydrogens is 221 g/mol. The minimum Gasteiger partial charge on any atom is -0.399 e. The topological polar surface area (TPSA) is 26.0 Å². The van der Waals surface area contributed by atoms with Gasteiger partial charge in [-0.2, -0.15) is 0 Å². The Balaban J connectivity index is 3.12. The number of benzene rings is 1. The second kappa shape index (κ2) is 3.72. The molecule has 0 bridgehead atoms. The predicted molar refractivity (Wildman–Crippen MR) is 52.6 cm³/mol. The van der Waals surface area contributed by atoms with Gasteiger partial charge in [0.25, 0.3) is 0 Å². The number of rotatable bonds is 2. The molecule has 2 N–H and O–H groups in total. The van der Waals surface area contributed by atoms with Gasteiger partial charge in [-0.1, -0.05) is 28.6 Å². The molecule has 1 nitrogen and oxygen atoms in total. The van der Waals surface area contributed by atoms with Crippen LogP contribution in [-0.2, 0) is 0 Å². The molecule has 0 spiro atoms. The van der Waals surface area contributed by atoms with Crippen LogP contribution in [0.4, 0.5) is 10.1 Å². The smallest absolute Gasteiger partial charge is 0.144 e. The second-order valence-corrected chi connectivity index (χ2v) is 3.27. The van der Waals surface area contributed by atoms with E-state index >= 15 is 0 Å². The van der Waals surface area contributed by atoms with E-state index in [-0.39, 0.29) is 0 Å². The summed E-state index contributed by atoms with van der Waals surface area (Å²) in [7, 11) is 0. The first-order chi connectivity index (χ1) is 5.65. The Morgan fingerprint density at radius 3 is 2.83 bits per heavy atom. The fourth-order valence-electron chi connectivity index (χ4n) is 0.901. The summed E-state index contributed by atoms with van der Waals surface area (Å²) in [5, 5.41) is 0. The maximum Gasteiger partial charge on any atom is 0.144 e. The van der Waals surface area contributed by atoms with Crippen LogP contribution >= 0.6 is 15.9 Å². The lowest BCUT2D eigenvalue weighted by molar-refractivity contribution is 0.414. The van der Waals surface area contributed by atoms with E-state index in [9.17, 15) is 4.39 Å². The van der Waals surface area contributed by atoms with Gasteiger partial charge in [0.05, 0.1) is 0 Å². The van der Waals surface area contributed by atoms with Crippen LogP contribution in [0.3, 0.4) is 0 Å². The first-order valence-corrected chi connectivity index (χ1v) is 4.26. The largest absolute Gasteiger partial charge is 0.399 e. The third-order valence-electron chi connectivity index (χ3n) is 1.52. The molecule has 64 valence electrons. The summed E-state index contributed by atoms with van der Waals surface area (Å²) in [6.45, 7) is 3.37. The van der Waals surface area contributed by atoms with Gasteiger partial charge in [-0.25, -0.2) is 4.39 Å². The van der Waals surface area contributed by atoms with Gasteiger partial charge in [-0.3, -0.25) is 0 Å². The minimum absolute atomic E-state index is 0.519. The Morgan fingerprint density at radius 1 is 1.58 bits per heavy atom. The lowest BCUT2D eigenvalue weighted by Gasteiger charge is -2.06. The van der Waals surface area contributed by atoms with Crippen LogP contribution in [0.1, 0.15) is 11.7 Å². The van der Waals surface area contributed by atoms with Gasteiger partial charge in [-0.15, -0.1) is 0 Å². The van der Waals surface area contributed by atoms with Gasteiger partial charge >= 0.3 is 0 Å². The van der Waals surface area contributed by atoms with Crippen molar-refractivity contribution < 1.29 is 4.39 Å². The number of alkyl halides is 1. The van der Waals surface area contributed by atoms with Crippen LogP contribution in [0.15, 0.2) is 35.3 Å². The van der Waals surface area contributed by atoms with E-state index in [2.05, 4.69) is 22.5 Å². The summed E-state index contributed by atoms with van der Waals surface area (Å²) in [6.07, 6.45) is 0.0716. The Bertz CT molecular complexity index is 299. The SMILES string of the molecule is C=CC(F)c1cc(N)ccc1Br. The van der Waals surface area contributed by atoms with E-state index in [1.807, 2.05) is 0 Å². The van der Waals surface area contributed by atoms with E-state index < -0.39 is 6.17 Å². The van der Waals surface area contributed by atoms with Crippen LogP contribution in [0.2, 0.25) is 0 Å². The quantitative estimate of drug-likeness (QED) is 0.612. The highest BCUT2D eigenvalue weighted by Crippen LogP contribution is 2.28. The third kappa shape index (κ3) is 1.85. The summed E-state index contributed by atoms with van der Waals surface area (Å²) < 4.78 is 13.8. The van der Waals surface area contributed by atoms with Gasteiger partial charge in [0.2, 0.25) is 0 Å². The lowest BCUT2D eigenvalue weighted by Crippen LogP contribution is -1.92.